The van der Waals surface area contributed by atoms with Crippen LogP contribution in [0.3, 0.4) is 0 Å². The lowest BCUT2D eigenvalue weighted by molar-refractivity contribution is -0.220. The Balaban J connectivity index is 1.26. The number of carbonyl (C=O) groups is 2. The van der Waals surface area contributed by atoms with Crippen LogP contribution in [0, 0.1) is 0 Å². The van der Waals surface area contributed by atoms with Gasteiger partial charge in [0, 0.05) is 32.1 Å². The van der Waals surface area contributed by atoms with Gasteiger partial charge in [-0.2, -0.15) is 0 Å². The molecule has 3 heterocycles. The number of carbonyl (C=O) groups excluding carboxylic acids is 2. The lowest BCUT2D eigenvalue weighted by Gasteiger charge is -2.40. The van der Waals surface area contributed by atoms with Crippen LogP contribution in [-0.2, 0) is 35.1 Å². The van der Waals surface area contributed by atoms with E-state index < -0.39 is 30.4 Å². The van der Waals surface area contributed by atoms with Crippen LogP contribution in [0.1, 0.15) is 46.1 Å². The van der Waals surface area contributed by atoms with E-state index in [0.29, 0.717) is 6.54 Å². The molecule has 0 spiro atoms. The summed E-state index contributed by atoms with van der Waals surface area (Å²) in [6.07, 6.45) is -0.720. The second-order valence-corrected chi connectivity index (χ2v) is 9.77. The molecule has 0 bridgehead atoms. The predicted molar refractivity (Wildman–Crippen MR) is 118 cm³/mol. The molecule has 182 valence electrons. The highest BCUT2D eigenvalue weighted by molar-refractivity contribution is 5.68. The molecule has 4 rings (SSSR count). The number of esters is 1. The minimum atomic E-state index is -0.771. The summed E-state index contributed by atoms with van der Waals surface area (Å²) in [7, 11) is 0. The van der Waals surface area contributed by atoms with Crippen LogP contribution in [-0.4, -0.2) is 72.5 Å². The molecule has 9 heteroatoms. The molecular formula is C24H34N2O7. The first-order valence-corrected chi connectivity index (χ1v) is 11.5. The first-order valence-electron chi connectivity index (χ1n) is 11.5. The summed E-state index contributed by atoms with van der Waals surface area (Å²) in [6, 6.07) is 9.61. The number of likely N-dealkylation sites (tertiary alicyclic amines) is 1. The molecular weight excluding hydrogens is 428 g/mol. The zero-order valence-corrected chi connectivity index (χ0v) is 19.7. The standard InChI is InChI=1S/C24H34N2O7/c1-16(27)30-19-18(31-21-20(19)32-23(2,3)33-21)14-26-12-10-24(4,11-13-26)25-22(28)29-15-17-8-6-5-7-9-17/h5-9,18-21H,10-15H2,1-4H3,(H,25,28)/t18-,19+,20-,21-/m1/s1. The van der Waals surface area contributed by atoms with E-state index in [4.69, 9.17) is 23.7 Å². The van der Waals surface area contributed by atoms with Crippen molar-refractivity contribution in [3.05, 3.63) is 35.9 Å². The maximum absolute atomic E-state index is 12.3. The van der Waals surface area contributed by atoms with Gasteiger partial charge in [0.2, 0.25) is 0 Å². The van der Waals surface area contributed by atoms with Crippen molar-refractivity contribution in [1.29, 1.82) is 0 Å². The van der Waals surface area contributed by atoms with Gasteiger partial charge in [0.25, 0.3) is 0 Å². The first kappa shape index (κ1) is 23.9. The summed E-state index contributed by atoms with van der Waals surface area (Å²) in [5, 5.41) is 3.03. The molecule has 9 nitrogen and oxygen atoms in total. The van der Waals surface area contributed by atoms with Gasteiger partial charge in [0.1, 0.15) is 12.7 Å². The van der Waals surface area contributed by atoms with Crippen molar-refractivity contribution in [3.63, 3.8) is 0 Å². The monoisotopic (exact) mass is 462 g/mol. The Bertz CT molecular complexity index is 838. The summed E-state index contributed by atoms with van der Waals surface area (Å²) in [5.41, 5.74) is 0.607. The fourth-order valence-electron chi connectivity index (χ4n) is 4.64. The summed E-state index contributed by atoms with van der Waals surface area (Å²) in [5.74, 6) is -1.14. The minimum Gasteiger partial charge on any atom is -0.457 e. The molecule has 33 heavy (non-hydrogen) atoms. The average molecular weight is 463 g/mol. The number of hydrogen-bond donors (Lipinski definition) is 1. The quantitative estimate of drug-likeness (QED) is 0.645. The van der Waals surface area contributed by atoms with Crippen molar-refractivity contribution in [1.82, 2.24) is 10.2 Å². The van der Waals surface area contributed by atoms with Crippen LogP contribution in [0.5, 0.6) is 0 Å². The summed E-state index contributed by atoms with van der Waals surface area (Å²) >= 11 is 0. The number of ether oxygens (including phenoxy) is 5. The molecule has 1 N–H and O–H groups in total. The summed E-state index contributed by atoms with van der Waals surface area (Å²) < 4.78 is 28.8. The van der Waals surface area contributed by atoms with Crippen molar-refractivity contribution in [3.8, 4) is 0 Å². The first-order chi connectivity index (χ1) is 15.6. The SMILES string of the molecule is CC(=O)O[C@@H]1[C@H]2OC(C)(C)O[C@H]2O[C@@H]1CN1CCC(C)(NC(=O)OCc2ccccc2)CC1. The molecule has 3 fully saturated rings. The van der Waals surface area contributed by atoms with Crippen molar-refractivity contribution in [2.75, 3.05) is 19.6 Å². The Morgan fingerprint density at radius 1 is 1.12 bits per heavy atom. The normalized spacial score (nSPS) is 30.4. The largest absolute Gasteiger partial charge is 0.457 e. The van der Waals surface area contributed by atoms with Gasteiger partial charge in [-0.3, -0.25) is 4.79 Å². The number of hydrogen-bond acceptors (Lipinski definition) is 8. The van der Waals surface area contributed by atoms with Gasteiger partial charge in [0.15, 0.2) is 24.3 Å². The molecule has 1 aromatic rings. The van der Waals surface area contributed by atoms with Crippen LogP contribution in [0.4, 0.5) is 4.79 Å². The van der Waals surface area contributed by atoms with E-state index in [1.165, 1.54) is 6.92 Å². The van der Waals surface area contributed by atoms with E-state index in [2.05, 4.69) is 10.2 Å². The highest BCUT2D eigenvalue weighted by atomic mass is 16.8. The summed E-state index contributed by atoms with van der Waals surface area (Å²) in [4.78, 5) is 26.3. The van der Waals surface area contributed by atoms with Crippen LogP contribution < -0.4 is 5.32 Å². The predicted octanol–water partition coefficient (Wildman–Crippen LogP) is 2.58. The smallest absolute Gasteiger partial charge is 0.407 e. The number of nitrogens with one attached hydrogen (secondary N) is 1. The minimum absolute atomic E-state index is 0.245. The van der Waals surface area contributed by atoms with E-state index in [1.54, 1.807) is 0 Å². The number of alkyl carbamates (subject to hydrolysis) is 1. The fraction of sp³-hybridized carbons (Fsp3) is 0.667. The van der Waals surface area contributed by atoms with E-state index in [9.17, 15) is 9.59 Å². The zero-order chi connectivity index (χ0) is 23.6. The molecule has 0 aromatic heterocycles. The number of fused-ring (bicyclic) bond motifs is 1. The number of nitrogens with zero attached hydrogens (tertiary/aromatic N) is 1. The second-order valence-electron chi connectivity index (χ2n) is 9.77. The molecule has 3 aliphatic rings. The van der Waals surface area contributed by atoms with Crippen LogP contribution in [0.25, 0.3) is 0 Å². The third-order valence-corrected chi connectivity index (χ3v) is 6.40. The number of benzene rings is 1. The molecule has 0 radical (unpaired) electrons. The van der Waals surface area contributed by atoms with Gasteiger partial charge in [-0.1, -0.05) is 30.3 Å². The lowest BCUT2D eigenvalue weighted by atomic mass is 9.89. The third kappa shape index (κ3) is 6.03. The Morgan fingerprint density at radius 3 is 2.48 bits per heavy atom. The highest BCUT2D eigenvalue weighted by Crippen LogP contribution is 2.39. The average Bonchev–Trinajstić information content (AvgIpc) is 3.20. The number of rotatable bonds is 6. The van der Waals surface area contributed by atoms with Crippen LogP contribution >= 0.6 is 0 Å². The molecule has 0 aliphatic carbocycles. The van der Waals surface area contributed by atoms with Crippen molar-refractivity contribution in [2.45, 2.75) is 83.1 Å². The Hall–Kier alpha value is -2.20. The molecule has 1 aromatic carbocycles. The van der Waals surface area contributed by atoms with Crippen molar-refractivity contribution in [2.24, 2.45) is 0 Å². The van der Waals surface area contributed by atoms with E-state index in [1.807, 2.05) is 51.1 Å². The molecule has 0 unspecified atom stereocenters. The fourth-order valence-corrected chi connectivity index (χ4v) is 4.64. The highest BCUT2D eigenvalue weighted by Gasteiger charge is 2.56. The Labute approximate surface area is 194 Å². The van der Waals surface area contributed by atoms with E-state index in [-0.39, 0.29) is 24.2 Å². The van der Waals surface area contributed by atoms with Gasteiger partial charge < -0.3 is 33.9 Å². The molecule has 4 atom stereocenters. The number of amides is 1. The summed E-state index contributed by atoms with van der Waals surface area (Å²) in [6.45, 7) is 9.43. The van der Waals surface area contributed by atoms with Crippen molar-refractivity contribution < 1.29 is 33.3 Å². The zero-order valence-electron chi connectivity index (χ0n) is 19.7. The molecule has 3 aliphatic heterocycles. The topological polar surface area (TPSA) is 95.6 Å². The number of piperidine rings is 1. The second kappa shape index (κ2) is 9.58. The maximum atomic E-state index is 12.3. The van der Waals surface area contributed by atoms with Gasteiger partial charge in [-0.25, -0.2) is 4.79 Å². The Morgan fingerprint density at radius 2 is 1.82 bits per heavy atom. The van der Waals surface area contributed by atoms with Gasteiger partial charge >= 0.3 is 12.1 Å². The lowest BCUT2D eigenvalue weighted by Crippen LogP contribution is -2.55. The molecule has 0 saturated carbocycles. The van der Waals surface area contributed by atoms with Gasteiger partial charge in [-0.05, 0) is 39.2 Å². The molecule has 1 amide bonds. The Kier molecular flexibility index (Phi) is 6.95. The van der Waals surface area contributed by atoms with Crippen LogP contribution in [0.15, 0.2) is 30.3 Å². The van der Waals surface area contributed by atoms with Gasteiger partial charge in [-0.15, -0.1) is 0 Å². The van der Waals surface area contributed by atoms with E-state index in [0.717, 1.165) is 31.5 Å². The maximum Gasteiger partial charge on any atom is 0.407 e. The van der Waals surface area contributed by atoms with Crippen LogP contribution in [0.2, 0.25) is 0 Å². The third-order valence-electron chi connectivity index (χ3n) is 6.40. The van der Waals surface area contributed by atoms with Crippen molar-refractivity contribution >= 4 is 12.1 Å². The molecule has 3 saturated heterocycles. The van der Waals surface area contributed by atoms with E-state index >= 15 is 0 Å². The van der Waals surface area contributed by atoms with Gasteiger partial charge in [0.05, 0.1) is 0 Å².